The number of hydrogen-bond acceptors (Lipinski definition) is 6. The summed E-state index contributed by atoms with van der Waals surface area (Å²) in [4.78, 5) is 5.78. The van der Waals surface area contributed by atoms with Crippen molar-refractivity contribution in [1.82, 2.24) is 4.90 Å². The smallest absolute Gasteiger partial charge is 0.264 e. The van der Waals surface area contributed by atoms with Crippen molar-refractivity contribution in [2.75, 3.05) is 12.7 Å². The molecule has 0 spiro atoms. The Morgan fingerprint density at radius 3 is 2.38 bits per heavy atom. The maximum atomic E-state index is 11.9. The first kappa shape index (κ1) is 22.0. The lowest BCUT2D eigenvalue weighted by atomic mass is 10.1. The average Bonchev–Trinajstić information content (AvgIpc) is 3.26. The molecule has 0 aromatic heterocycles. The molecule has 0 unspecified atom stereocenters. The lowest BCUT2D eigenvalue weighted by molar-refractivity contribution is 0.174. The molecule has 0 N–H and O–H groups in total. The molecule has 1 aliphatic rings. The lowest BCUT2D eigenvalue weighted by Crippen LogP contribution is -2.22. The van der Waals surface area contributed by atoms with Crippen LogP contribution in [-0.2, 0) is 23.1 Å². The van der Waals surface area contributed by atoms with Gasteiger partial charge < -0.3 is 9.47 Å². The fourth-order valence-corrected chi connectivity index (χ4v) is 4.78. The Hall–Kier alpha value is -3.17. The van der Waals surface area contributed by atoms with Gasteiger partial charge in [0.15, 0.2) is 11.5 Å². The topological polar surface area (TPSA) is 105 Å². The number of sulfonamides is 1. The van der Waals surface area contributed by atoms with Crippen molar-refractivity contribution in [2.45, 2.75) is 22.9 Å². The Bertz CT molecular complexity index is 1230. The second kappa shape index (κ2) is 9.97. The quantitative estimate of drug-likeness (QED) is 0.141. The van der Waals surface area contributed by atoms with Gasteiger partial charge in [-0.3, -0.25) is 4.90 Å². The van der Waals surface area contributed by atoms with Crippen molar-refractivity contribution in [3.8, 4) is 11.5 Å². The van der Waals surface area contributed by atoms with E-state index in [9.17, 15) is 8.42 Å². The maximum absolute atomic E-state index is 11.9. The summed E-state index contributed by atoms with van der Waals surface area (Å²) >= 11 is 1.73. The van der Waals surface area contributed by atoms with Gasteiger partial charge >= 0.3 is 0 Å². The third-order valence-corrected chi connectivity index (χ3v) is 7.03. The number of fused-ring (bicyclic) bond motifs is 1. The number of nitrogens with zero attached hydrogens (tertiary/aromatic N) is 4. The first-order valence-corrected chi connectivity index (χ1v) is 12.1. The fourth-order valence-electron chi connectivity index (χ4n) is 3.25. The summed E-state index contributed by atoms with van der Waals surface area (Å²) in [5.74, 6) is 2.22. The largest absolute Gasteiger partial charge is 0.454 e. The fraction of sp³-hybridized carbons (Fsp3) is 0.182. The summed E-state index contributed by atoms with van der Waals surface area (Å²) in [6, 6.07) is 22.4. The Labute approximate surface area is 190 Å². The van der Waals surface area contributed by atoms with E-state index in [-0.39, 0.29) is 11.7 Å². The highest BCUT2D eigenvalue weighted by Crippen LogP contribution is 2.33. The van der Waals surface area contributed by atoms with Gasteiger partial charge in [-0.25, -0.2) is 8.42 Å². The molecule has 0 saturated heterocycles. The third kappa shape index (κ3) is 5.54. The van der Waals surface area contributed by atoms with E-state index >= 15 is 0 Å². The highest BCUT2D eigenvalue weighted by Gasteiger charge is 2.16. The predicted octanol–water partition coefficient (Wildman–Crippen LogP) is 5.17. The van der Waals surface area contributed by atoms with E-state index in [1.165, 1.54) is 17.0 Å². The molecule has 0 aliphatic carbocycles. The van der Waals surface area contributed by atoms with Crippen molar-refractivity contribution < 1.29 is 17.9 Å². The molecule has 1 heterocycles. The maximum Gasteiger partial charge on any atom is 0.264 e. The van der Waals surface area contributed by atoms with E-state index in [4.69, 9.17) is 15.0 Å². The Morgan fingerprint density at radius 1 is 0.938 bits per heavy atom. The second-order valence-electron chi connectivity index (χ2n) is 7.05. The highest BCUT2D eigenvalue weighted by molar-refractivity contribution is 7.99. The van der Waals surface area contributed by atoms with Crippen molar-refractivity contribution in [2.24, 2.45) is 4.52 Å². The van der Waals surface area contributed by atoms with Gasteiger partial charge in [-0.05, 0) is 53.1 Å². The molecule has 1 aliphatic heterocycles. The van der Waals surface area contributed by atoms with Gasteiger partial charge in [0, 0.05) is 33.3 Å². The summed E-state index contributed by atoms with van der Waals surface area (Å²) < 4.78 is 37.6. The summed E-state index contributed by atoms with van der Waals surface area (Å²) in [5, 5.41) is 0. The van der Waals surface area contributed by atoms with Crippen LogP contribution < -0.4 is 9.47 Å². The standard InChI is InChI=1S/C22H20N4O4S2/c23-24-25-32(27,28)20-9-6-17(7-10-20)13-26(15-31-19-4-2-1-3-5-19)14-18-8-11-21-22(12-18)30-16-29-21/h1-12H,13-16H2. The van der Waals surface area contributed by atoms with Gasteiger partial charge in [-0.2, -0.15) is 0 Å². The molecule has 0 radical (unpaired) electrons. The average molecular weight is 469 g/mol. The molecule has 3 aromatic carbocycles. The Balaban J connectivity index is 1.51. The van der Waals surface area contributed by atoms with Gasteiger partial charge in [0.1, 0.15) is 0 Å². The molecule has 0 bridgehead atoms. The van der Waals surface area contributed by atoms with Crippen LogP contribution in [0.5, 0.6) is 11.5 Å². The van der Waals surface area contributed by atoms with Crippen molar-refractivity contribution in [1.29, 1.82) is 0 Å². The van der Waals surface area contributed by atoms with E-state index in [1.807, 2.05) is 36.4 Å². The highest BCUT2D eigenvalue weighted by atomic mass is 32.2. The minimum Gasteiger partial charge on any atom is -0.454 e. The zero-order valence-electron chi connectivity index (χ0n) is 17.0. The van der Waals surface area contributed by atoms with Gasteiger partial charge in [-0.15, -0.1) is 11.8 Å². The van der Waals surface area contributed by atoms with Crippen LogP contribution in [-0.4, -0.2) is 26.0 Å². The first-order valence-electron chi connectivity index (χ1n) is 9.72. The van der Waals surface area contributed by atoms with Crippen molar-refractivity contribution in [3.05, 3.63) is 94.4 Å². The van der Waals surface area contributed by atoms with Crippen LogP contribution in [0.4, 0.5) is 0 Å². The third-order valence-electron chi connectivity index (χ3n) is 4.77. The lowest BCUT2D eigenvalue weighted by Gasteiger charge is -2.22. The first-order chi connectivity index (χ1) is 15.5. The normalized spacial score (nSPS) is 12.5. The van der Waals surface area contributed by atoms with E-state index in [1.54, 1.807) is 23.9 Å². The monoisotopic (exact) mass is 468 g/mol. The molecule has 4 rings (SSSR count). The SMILES string of the molecule is [N-]=[N+]=NS(=O)(=O)c1ccc(CN(CSc2ccccc2)Cc2ccc3c(c2)OCO3)cc1. The van der Waals surface area contributed by atoms with Crippen LogP contribution in [0, 0.1) is 0 Å². The molecule has 3 aromatic rings. The molecule has 0 fully saturated rings. The van der Waals surface area contributed by atoms with Crippen molar-refractivity contribution >= 4 is 21.8 Å². The zero-order valence-corrected chi connectivity index (χ0v) is 18.6. The molecule has 8 nitrogen and oxygen atoms in total. The molecule has 32 heavy (non-hydrogen) atoms. The molecule has 10 heteroatoms. The molecule has 0 atom stereocenters. The number of ether oxygens (including phenoxy) is 2. The summed E-state index contributed by atoms with van der Waals surface area (Å²) in [6.45, 7) is 1.52. The Morgan fingerprint density at radius 2 is 1.62 bits per heavy atom. The van der Waals surface area contributed by atoms with Crippen LogP contribution in [0.25, 0.3) is 10.4 Å². The molecular weight excluding hydrogens is 448 g/mol. The minimum absolute atomic E-state index is 0.0277. The number of thioether (sulfide) groups is 1. The number of hydrogen-bond donors (Lipinski definition) is 0. The van der Waals surface area contributed by atoms with Crippen LogP contribution in [0.2, 0.25) is 0 Å². The van der Waals surface area contributed by atoms with Crippen LogP contribution >= 0.6 is 11.8 Å². The zero-order chi connectivity index (χ0) is 22.4. The van der Waals surface area contributed by atoms with Gasteiger partial charge in [-0.1, -0.05) is 36.4 Å². The molecule has 164 valence electrons. The minimum atomic E-state index is -3.99. The van der Waals surface area contributed by atoms with Gasteiger partial charge in [0.2, 0.25) is 6.79 Å². The Kier molecular flexibility index (Phi) is 6.87. The molecule has 0 amide bonds. The van der Waals surface area contributed by atoms with E-state index in [0.717, 1.165) is 28.5 Å². The van der Waals surface area contributed by atoms with E-state index in [2.05, 4.69) is 26.5 Å². The number of azide groups is 1. The summed E-state index contributed by atoms with van der Waals surface area (Å²) in [5.41, 5.74) is 10.5. The summed E-state index contributed by atoms with van der Waals surface area (Å²) in [7, 11) is -3.99. The van der Waals surface area contributed by atoms with E-state index in [0.29, 0.717) is 13.1 Å². The summed E-state index contributed by atoms with van der Waals surface area (Å²) in [6.07, 6.45) is 0. The second-order valence-corrected chi connectivity index (χ2v) is 9.65. The van der Waals surface area contributed by atoms with Gasteiger partial charge in [0.25, 0.3) is 10.0 Å². The van der Waals surface area contributed by atoms with Crippen molar-refractivity contribution in [3.63, 3.8) is 0 Å². The number of benzene rings is 3. The van der Waals surface area contributed by atoms with Gasteiger partial charge in [0.05, 0.1) is 4.90 Å². The van der Waals surface area contributed by atoms with Crippen LogP contribution in [0.3, 0.4) is 0 Å². The predicted molar refractivity (Wildman–Crippen MR) is 122 cm³/mol. The number of rotatable bonds is 9. The molecule has 0 saturated carbocycles. The van der Waals surface area contributed by atoms with Crippen LogP contribution in [0.15, 0.2) is 87.1 Å². The van der Waals surface area contributed by atoms with E-state index < -0.39 is 10.0 Å². The molecular formula is C22H20N4O4S2. The van der Waals surface area contributed by atoms with Crippen LogP contribution in [0.1, 0.15) is 11.1 Å².